The number of carbonyl (C=O) groups excluding carboxylic acids is 2. The number of amides is 2. The molecule has 2 amide bonds. The molecule has 2 aromatic rings. The molecule has 2 aliphatic rings. The SMILES string of the molecule is NC(=O)C12CCC(CC1)N2C(=O)C(Cc1ccccc1)Cc1ccccc1. The number of hydrogen-bond donors (Lipinski definition) is 1. The topological polar surface area (TPSA) is 63.4 Å². The van der Waals surface area contributed by atoms with Crippen LogP contribution in [-0.4, -0.2) is 28.3 Å². The number of nitrogens with two attached hydrogens (primary N) is 1. The first-order valence-electron chi connectivity index (χ1n) is 9.81. The molecule has 2 aromatic carbocycles. The Labute approximate surface area is 160 Å². The summed E-state index contributed by atoms with van der Waals surface area (Å²) >= 11 is 0. The molecule has 140 valence electrons. The van der Waals surface area contributed by atoms with Crippen molar-refractivity contribution < 1.29 is 9.59 Å². The van der Waals surface area contributed by atoms with Crippen LogP contribution in [-0.2, 0) is 22.4 Å². The van der Waals surface area contributed by atoms with E-state index in [9.17, 15) is 9.59 Å². The molecule has 0 radical (unpaired) electrons. The van der Waals surface area contributed by atoms with Crippen molar-refractivity contribution in [2.75, 3.05) is 0 Å². The van der Waals surface area contributed by atoms with E-state index in [1.807, 2.05) is 41.3 Å². The summed E-state index contributed by atoms with van der Waals surface area (Å²) in [5.74, 6) is -0.442. The summed E-state index contributed by atoms with van der Waals surface area (Å²) in [5, 5.41) is 0. The molecule has 2 bridgehead atoms. The van der Waals surface area contributed by atoms with Gasteiger partial charge in [0.25, 0.3) is 0 Å². The van der Waals surface area contributed by atoms with E-state index in [0.29, 0.717) is 25.7 Å². The zero-order valence-corrected chi connectivity index (χ0v) is 15.5. The molecule has 0 atom stereocenters. The molecule has 2 heterocycles. The number of primary amides is 1. The van der Waals surface area contributed by atoms with Crippen LogP contribution >= 0.6 is 0 Å². The molecule has 4 rings (SSSR count). The van der Waals surface area contributed by atoms with Gasteiger partial charge in [0.1, 0.15) is 5.54 Å². The lowest BCUT2D eigenvalue weighted by molar-refractivity contribution is -0.145. The Kier molecular flexibility index (Phi) is 4.73. The van der Waals surface area contributed by atoms with Crippen LogP contribution in [0.25, 0.3) is 0 Å². The van der Waals surface area contributed by atoms with Crippen molar-refractivity contribution in [2.24, 2.45) is 11.7 Å². The number of nitrogens with zero attached hydrogens (tertiary/aromatic N) is 1. The van der Waals surface area contributed by atoms with Gasteiger partial charge in [0.15, 0.2) is 0 Å². The van der Waals surface area contributed by atoms with Gasteiger partial charge in [-0.25, -0.2) is 0 Å². The lowest BCUT2D eigenvalue weighted by atomic mass is 9.86. The average molecular weight is 362 g/mol. The van der Waals surface area contributed by atoms with Crippen molar-refractivity contribution in [2.45, 2.75) is 50.1 Å². The van der Waals surface area contributed by atoms with Crippen LogP contribution < -0.4 is 5.73 Å². The highest BCUT2D eigenvalue weighted by Crippen LogP contribution is 2.47. The second-order valence-corrected chi connectivity index (χ2v) is 7.91. The van der Waals surface area contributed by atoms with Crippen LogP contribution in [0.2, 0.25) is 0 Å². The molecule has 0 unspecified atom stereocenters. The van der Waals surface area contributed by atoms with Crippen LogP contribution in [0.5, 0.6) is 0 Å². The summed E-state index contributed by atoms with van der Waals surface area (Å²) in [6.07, 6.45) is 4.54. The Balaban J connectivity index is 1.63. The lowest BCUT2D eigenvalue weighted by Gasteiger charge is -2.34. The second kappa shape index (κ2) is 7.18. The van der Waals surface area contributed by atoms with E-state index in [1.165, 1.54) is 0 Å². The van der Waals surface area contributed by atoms with Gasteiger partial charge in [-0.1, -0.05) is 60.7 Å². The number of benzene rings is 2. The van der Waals surface area contributed by atoms with E-state index in [0.717, 1.165) is 24.0 Å². The number of rotatable bonds is 6. The first-order valence-corrected chi connectivity index (χ1v) is 9.81. The molecule has 0 saturated carbocycles. The van der Waals surface area contributed by atoms with Crippen molar-refractivity contribution in [3.8, 4) is 0 Å². The van der Waals surface area contributed by atoms with Crippen LogP contribution in [0.15, 0.2) is 60.7 Å². The first kappa shape index (κ1) is 17.8. The Morgan fingerprint density at radius 1 is 0.926 bits per heavy atom. The minimum absolute atomic E-state index is 0.0847. The smallest absolute Gasteiger partial charge is 0.243 e. The third-order valence-corrected chi connectivity index (χ3v) is 6.30. The molecule has 0 aromatic heterocycles. The minimum atomic E-state index is -0.757. The van der Waals surface area contributed by atoms with Crippen molar-refractivity contribution in [3.63, 3.8) is 0 Å². The standard InChI is InChI=1S/C23H26N2O2/c24-22(27)23-13-11-20(12-14-23)25(23)21(26)19(15-17-7-3-1-4-8-17)16-18-9-5-2-6-10-18/h1-10,19-20H,11-16H2,(H2,24,27). The summed E-state index contributed by atoms with van der Waals surface area (Å²) < 4.78 is 0. The van der Waals surface area contributed by atoms with E-state index in [4.69, 9.17) is 5.73 Å². The summed E-state index contributed by atoms with van der Waals surface area (Å²) in [6.45, 7) is 0. The summed E-state index contributed by atoms with van der Waals surface area (Å²) in [4.78, 5) is 27.8. The van der Waals surface area contributed by atoms with Gasteiger partial charge in [-0.15, -0.1) is 0 Å². The minimum Gasteiger partial charge on any atom is -0.368 e. The van der Waals surface area contributed by atoms with E-state index in [2.05, 4.69) is 24.3 Å². The fourth-order valence-electron chi connectivity index (χ4n) is 4.93. The number of fused-ring (bicyclic) bond motifs is 2. The highest BCUT2D eigenvalue weighted by molar-refractivity contribution is 5.93. The van der Waals surface area contributed by atoms with Crippen LogP contribution in [0.1, 0.15) is 36.8 Å². The lowest BCUT2D eigenvalue weighted by Crippen LogP contribution is -2.55. The summed E-state index contributed by atoms with van der Waals surface area (Å²) in [6, 6.07) is 20.4. The predicted molar refractivity (Wildman–Crippen MR) is 105 cm³/mol. The molecular weight excluding hydrogens is 336 g/mol. The van der Waals surface area contributed by atoms with Crippen molar-refractivity contribution in [3.05, 3.63) is 71.8 Å². The molecular formula is C23H26N2O2. The van der Waals surface area contributed by atoms with E-state index < -0.39 is 5.54 Å². The maximum Gasteiger partial charge on any atom is 0.243 e. The molecule has 0 aliphatic carbocycles. The fourth-order valence-corrected chi connectivity index (χ4v) is 4.93. The monoisotopic (exact) mass is 362 g/mol. The van der Waals surface area contributed by atoms with Crippen molar-refractivity contribution >= 4 is 11.8 Å². The predicted octanol–water partition coefficient (Wildman–Crippen LogP) is 3.10. The number of hydrogen-bond acceptors (Lipinski definition) is 2. The molecule has 2 fully saturated rings. The molecule has 0 spiro atoms. The summed E-state index contributed by atoms with van der Waals surface area (Å²) in [7, 11) is 0. The zero-order chi connectivity index (χ0) is 18.9. The highest BCUT2D eigenvalue weighted by Gasteiger charge is 2.58. The second-order valence-electron chi connectivity index (χ2n) is 7.91. The van der Waals surface area contributed by atoms with Gasteiger partial charge in [-0.3, -0.25) is 9.59 Å². The Bertz CT molecular complexity index is 769. The molecule has 2 saturated heterocycles. The fraction of sp³-hybridized carbons (Fsp3) is 0.391. The largest absolute Gasteiger partial charge is 0.368 e. The van der Waals surface area contributed by atoms with Crippen molar-refractivity contribution in [1.29, 1.82) is 0 Å². The van der Waals surface area contributed by atoms with Gasteiger partial charge < -0.3 is 10.6 Å². The molecule has 27 heavy (non-hydrogen) atoms. The molecule has 2 aliphatic heterocycles. The van der Waals surface area contributed by atoms with Crippen LogP contribution in [0.3, 0.4) is 0 Å². The van der Waals surface area contributed by atoms with E-state index in [-0.39, 0.29) is 23.8 Å². The Hall–Kier alpha value is -2.62. The highest BCUT2D eigenvalue weighted by atomic mass is 16.2. The maximum atomic E-state index is 13.6. The van der Waals surface area contributed by atoms with Gasteiger partial charge in [0.2, 0.25) is 11.8 Å². The zero-order valence-electron chi connectivity index (χ0n) is 15.5. The maximum absolute atomic E-state index is 13.6. The van der Waals surface area contributed by atoms with Gasteiger partial charge in [0, 0.05) is 12.0 Å². The van der Waals surface area contributed by atoms with Gasteiger partial charge in [-0.2, -0.15) is 0 Å². The molecule has 2 N–H and O–H groups in total. The normalized spacial score (nSPS) is 23.7. The molecule has 4 nitrogen and oxygen atoms in total. The third-order valence-electron chi connectivity index (χ3n) is 6.30. The van der Waals surface area contributed by atoms with E-state index in [1.54, 1.807) is 0 Å². The molecule has 4 heteroatoms. The van der Waals surface area contributed by atoms with Gasteiger partial charge in [-0.05, 0) is 49.7 Å². The van der Waals surface area contributed by atoms with Gasteiger partial charge >= 0.3 is 0 Å². The quantitative estimate of drug-likeness (QED) is 0.858. The first-order chi connectivity index (χ1) is 13.1. The average Bonchev–Trinajstić information content (AvgIpc) is 3.26. The third kappa shape index (κ3) is 3.25. The summed E-state index contributed by atoms with van der Waals surface area (Å²) in [5.41, 5.74) is 7.30. The Morgan fingerprint density at radius 3 is 1.85 bits per heavy atom. The Morgan fingerprint density at radius 2 is 1.41 bits per heavy atom. The van der Waals surface area contributed by atoms with Gasteiger partial charge in [0.05, 0.1) is 0 Å². The van der Waals surface area contributed by atoms with E-state index >= 15 is 0 Å². The number of carbonyl (C=O) groups is 2. The van der Waals surface area contributed by atoms with Crippen molar-refractivity contribution in [1.82, 2.24) is 4.90 Å². The van der Waals surface area contributed by atoms with Crippen LogP contribution in [0, 0.1) is 5.92 Å². The van der Waals surface area contributed by atoms with Crippen LogP contribution in [0.4, 0.5) is 0 Å².